The van der Waals surface area contributed by atoms with Crippen molar-refractivity contribution in [1.29, 1.82) is 0 Å². The number of hydrogen-bond acceptors (Lipinski definition) is 2. The van der Waals surface area contributed by atoms with Crippen molar-refractivity contribution in [3.8, 4) is 0 Å². The van der Waals surface area contributed by atoms with E-state index in [1.165, 1.54) is 12.1 Å². The molecule has 0 spiro atoms. The largest absolute Gasteiger partial charge is 0.271 e. The van der Waals surface area contributed by atoms with E-state index in [1.54, 1.807) is 6.07 Å². The molecule has 0 amide bonds. The first-order valence-corrected chi connectivity index (χ1v) is 5.87. The van der Waals surface area contributed by atoms with Crippen LogP contribution in [0.5, 0.6) is 0 Å². The minimum absolute atomic E-state index is 0.0989. The van der Waals surface area contributed by atoms with Crippen molar-refractivity contribution in [1.82, 2.24) is 5.43 Å². The summed E-state index contributed by atoms with van der Waals surface area (Å²) in [5.41, 5.74) is 3.43. The van der Waals surface area contributed by atoms with Crippen LogP contribution in [-0.4, -0.2) is 0 Å². The van der Waals surface area contributed by atoms with Crippen LogP contribution in [0.4, 0.5) is 4.39 Å². The van der Waals surface area contributed by atoms with Gasteiger partial charge in [-0.2, -0.15) is 0 Å². The second-order valence-corrected chi connectivity index (χ2v) is 4.54. The van der Waals surface area contributed by atoms with Gasteiger partial charge in [-0.3, -0.25) is 11.3 Å². The summed E-state index contributed by atoms with van der Waals surface area (Å²) in [6.45, 7) is 4.25. The molecule has 3 N–H and O–H groups in total. The smallest absolute Gasteiger partial charge is 0.123 e. The Balaban J connectivity index is 2.89. The Morgan fingerprint density at radius 1 is 1.50 bits per heavy atom. The molecule has 0 aliphatic heterocycles. The van der Waals surface area contributed by atoms with Crippen LogP contribution in [0, 0.1) is 11.7 Å². The fourth-order valence-corrected chi connectivity index (χ4v) is 1.88. The van der Waals surface area contributed by atoms with Crippen LogP contribution in [0.1, 0.15) is 38.3 Å². The molecule has 0 aromatic heterocycles. The maximum atomic E-state index is 13.1. The summed E-state index contributed by atoms with van der Waals surface area (Å²) >= 11 is 6.03. The number of benzene rings is 1. The van der Waals surface area contributed by atoms with Gasteiger partial charge in [0.1, 0.15) is 5.82 Å². The third kappa shape index (κ3) is 3.44. The summed E-state index contributed by atoms with van der Waals surface area (Å²) in [7, 11) is 0. The van der Waals surface area contributed by atoms with E-state index < -0.39 is 0 Å². The third-order valence-electron chi connectivity index (χ3n) is 2.87. The first kappa shape index (κ1) is 13.4. The lowest BCUT2D eigenvalue weighted by atomic mass is 9.94. The summed E-state index contributed by atoms with van der Waals surface area (Å²) in [6.07, 6.45) is 1.90. The molecule has 0 saturated heterocycles. The zero-order valence-corrected chi connectivity index (χ0v) is 10.4. The maximum absolute atomic E-state index is 13.1. The molecule has 1 aromatic rings. The van der Waals surface area contributed by atoms with E-state index in [1.807, 2.05) is 0 Å². The van der Waals surface area contributed by atoms with Gasteiger partial charge >= 0.3 is 0 Å². The summed E-state index contributed by atoms with van der Waals surface area (Å²) in [4.78, 5) is 0. The molecule has 2 atom stereocenters. The Bertz CT molecular complexity index is 344. The van der Waals surface area contributed by atoms with Crippen LogP contribution < -0.4 is 11.3 Å². The monoisotopic (exact) mass is 244 g/mol. The zero-order chi connectivity index (χ0) is 12.1. The van der Waals surface area contributed by atoms with Crippen LogP contribution in [0.15, 0.2) is 18.2 Å². The highest BCUT2D eigenvalue weighted by Crippen LogP contribution is 2.28. The van der Waals surface area contributed by atoms with E-state index >= 15 is 0 Å². The number of nitrogens with one attached hydrogen (secondary N) is 1. The van der Waals surface area contributed by atoms with Gasteiger partial charge in [-0.1, -0.05) is 31.9 Å². The Morgan fingerprint density at radius 2 is 2.19 bits per heavy atom. The number of hydrogen-bond donors (Lipinski definition) is 2. The SMILES string of the molecule is CCC(C)CC(NN)c1cc(F)ccc1Cl. The molecular weight excluding hydrogens is 227 g/mol. The predicted molar refractivity (Wildman–Crippen MR) is 65.5 cm³/mol. The van der Waals surface area contributed by atoms with Gasteiger partial charge in [-0.25, -0.2) is 4.39 Å². The van der Waals surface area contributed by atoms with Crippen molar-refractivity contribution in [3.05, 3.63) is 34.6 Å². The van der Waals surface area contributed by atoms with Gasteiger partial charge in [0.2, 0.25) is 0 Å². The van der Waals surface area contributed by atoms with Crippen molar-refractivity contribution >= 4 is 11.6 Å². The second kappa shape index (κ2) is 6.18. The molecule has 2 unspecified atom stereocenters. The molecule has 0 aliphatic rings. The Labute approximate surface area is 101 Å². The molecule has 16 heavy (non-hydrogen) atoms. The van der Waals surface area contributed by atoms with E-state index in [-0.39, 0.29) is 11.9 Å². The third-order valence-corrected chi connectivity index (χ3v) is 3.21. The van der Waals surface area contributed by atoms with Crippen LogP contribution in [0.25, 0.3) is 0 Å². The van der Waals surface area contributed by atoms with E-state index in [9.17, 15) is 4.39 Å². The van der Waals surface area contributed by atoms with Gasteiger partial charge < -0.3 is 0 Å². The van der Waals surface area contributed by atoms with Gasteiger partial charge in [-0.15, -0.1) is 0 Å². The molecule has 0 aliphatic carbocycles. The topological polar surface area (TPSA) is 38.0 Å². The Hall–Kier alpha value is -0.640. The summed E-state index contributed by atoms with van der Waals surface area (Å²) < 4.78 is 13.1. The fraction of sp³-hybridized carbons (Fsp3) is 0.500. The van der Waals surface area contributed by atoms with Gasteiger partial charge in [-0.05, 0) is 36.1 Å². The maximum Gasteiger partial charge on any atom is 0.123 e. The van der Waals surface area contributed by atoms with Crippen molar-refractivity contribution < 1.29 is 4.39 Å². The highest BCUT2D eigenvalue weighted by atomic mass is 35.5. The minimum atomic E-state index is -0.288. The average Bonchev–Trinajstić information content (AvgIpc) is 2.29. The molecule has 0 saturated carbocycles. The van der Waals surface area contributed by atoms with Crippen molar-refractivity contribution in [2.75, 3.05) is 0 Å². The first-order chi connectivity index (χ1) is 7.58. The minimum Gasteiger partial charge on any atom is -0.271 e. The lowest BCUT2D eigenvalue weighted by Crippen LogP contribution is -2.29. The Kier molecular flexibility index (Phi) is 5.19. The Morgan fingerprint density at radius 3 is 2.75 bits per heavy atom. The van der Waals surface area contributed by atoms with Crippen molar-refractivity contribution in [2.45, 2.75) is 32.7 Å². The number of rotatable bonds is 5. The summed E-state index contributed by atoms with van der Waals surface area (Å²) in [5, 5.41) is 0.549. The number of hydrazine groups is 1. The van der Waals surface area contributed by atoms with E-state index in [0.29, 0.717) is 10.9 Å². The second-order valence-electron chi connectivity index (χ2n) is 4.13. The molecule has 1 aromatic carbocycles. The van der Waals surface area contributed by atoms with Crippen molar-refractivity contribution in [3.63, 3.8) is 0 Å². The molecule has 1 rings (SSSR count). The molecule has 0 fully saturated rings. The number of halogens is 2. The summed E-state index contributed by atoms with van der Waals surface area (Å²) in [6, 6.07) is 4.25. The van der Waals surface area contributed by atoms with Crippen LogP contribution in [0.3, 0.4) is 0 Å². The highest BCUT2D eigenvalue weighted by molar-refractivity contribution is 6.31. The van der Waals surface area contributed by atoms with Gasteiger partial charge in [0.05, 0.1) is 0 Å². The van der Waals surface area contributed by atoms with E-state index in [4.69, 9.17) is 17.4 Å². The molecule has 4 heteroatoms. The lowest BCUT2D eigenvalue weighted by molar-refractivity contribution is 0.406. The normalized spacial score (nSPS) is 14.8. The molecule has 0 radical (unpaired) electrons. The predicted octanol–water partition coefficient (Wildman–Crippen LogP) is 3.42. The molecule has 0 heterocycles. The molecule has 2 nitrogen and oxygen atoms in total. The van der Waals surface area contributed by atoms with Crippen LogP contribution >= 0.6 is 11.6 Å². The van der Waals surface area contributed by atoms with Crippen LogP contribution in [0.2, 0.25) is 5.02 Å². The average molecular weight is 245 g/mol. The summed E-state index contributed by atoms with van der Waals surface area (Å²) in [5.74, 6) is 5.72. The van der Waals surface area contributed by atoms with Crippen molar-refractivity contribution in [2.24, 2.45) is 11.8 Å². The van der Waals surface area contributed by atoms with Crippen LogP contribution in [-0.2, 0) is 0 Å². The quantitative estimate of drug-likeness (QED) is 0.615. The highest BCUT2D eigenvalue weighted by Gasteiger charge is 2.16. The zero-order valence-electron chi connectivity index (χ0n) is 9.63. The number of nitrogens with two attached hydrogens (primary N) is 1. The van der Waals surface area contributed by atoms with E-state index in [2.05, 4.69) is 19.3 Å². The van der Waals surface area contributed by atoms with E-state index in [0.717, 1.165) is 18.4 Å². The lowest BCUT2D eigenvalue weighted by Gasteiger charge is -2.20. The standard InChI is InChI=1S/C12H18ClFN2/c1-3-8(2)6-12(16-15)10-7-9(14)4-5-11(10)13/h4-5,7-8,12,16H,3,6,15H2,1-2H3. The molecule has 0 bridgehead atoms. The van der Waals surface area contributed by atoms with Gasteiger partial charge in [0.15, 0.2) is 0 Å². The molecular formula is C12H18ClFN2. The van der Waals surface area contributed by atoms with Gasteiger partial charge in [0, 0.05) is 11.1 Å². The first-order valence-electron chi connectivity index (χ1n) is 5.49. The molecule has 90 valence electrons. The fourth-order valence-electron chi connectivity index (χ4n) is 1.64. The van der Waals surface area contributed by atoms with Gasteiger partial charge in [0.25, 0.3) is 0 Å².